The number of carbonyl (C=O) groups excluding carboxylic acids is 1. The molecule has 0 aliphatic carbocycles. The minimum atomic E-state index is 0.0874. The summed E-state index contributed by atoms with van der Waals surface area (Å²) in [6, 6.07) is 24.6. The Morgan fingerprint density at radius 1 is 0.941 bits per heavy atom. The zero-order valence-electron chi connectivity index (χ0n) is 19.9. The fraction of sp³-hybridized carbons (Fsp3) is 0.310. The number of aryl methyl sites for hydroxylation is 3. The number of fused-ring (bicyclic) bond motifs is 1. The number of aromatic nitrogens is 2. The van der Waals surface area contributed by atoms with Crippen molar-refractivity contribution in [2.45, 2.75) is 45.6 Å². The first-order chi connectivity index (χ1) is 16.6. The summed E-state index contributed by atoms with van der Waals surface area (Å²) < 4.78 is 8.30. The summed E-state index contributed by atoms with van der Waals surface area (Å²) in [6.45, 7) is 6.36. The minimum Gasteiger partial charge on any atom is -0.493 e. The van der Waals surface area contributed by atoms with E-state index in [0.29, 0.717) is 19.6 Å². The largest absolute Gasteiger partial charge is 0.493 e. The lowest BCUT2D eigenvalue weighted by atomic mass is 10.1. The molecule has 1 unspecified atom stereocenters. The van der Waals surface area contributed by atoms with Crippen molar-refractivity contribution in [2.75, 3.05) is 18.1 Å². The van der Waals surface area contributed by atoms with Crippen molar-refractivity contribution in [1.82, 2.24) is 9.55 Å². The molecule has 1 amide bonds. The Kier molecular flexibility index (Phi) is 6.35. The van der Waals surface area contributed by atoms with Crippen molar-refractivity contribution in [1.29, 1.82) is 0 Å². The van der Waals surface area contributed by atoms with Crippen LogP contribution in [0.5, 0.6) is 5.75 Å². The molecule has 1 atom stereocenters. The second-order valence-electron chi connectivity index (χ2n) is 9.17. The molecule has 5 heteroatoms. The Morgan fingerprint density at radius 2 is 1.71 bits per heavy atom. The van der Waals surface area contributed by atoms with E-state index in [0.717, 1.165) is 53.2 Å². The summed E-state index contributed by atoms with van der Waals surface area (Å²) in [7, 11) is 0. The van der Waals surface area contributed by atoms with Crippen LogP contribution >= 0.6 is 0 Å². The Bertz CT molecular complexity index is 1290. The van der Waals surface area contributed by atoms with Gasteiger partial charge in [0.25, 0.3) is 0 Å². The van der Waals surface area contributed by atoms with E-state index in [9.17, 15) is 4.79 Å². The Labute approximate surface area is 201 Å². The van der Waals surface area contributed by atoms with E-state index in [-0.39, 0.29) is 11.8 Å². The van der Waals surface area contributed by atoms with Crippen LogP contribution < -0.4 is 9.64 Å². The third-order valence-electron chi connectivity index (χ3n) is 6.65. The Hall–Kier alpha value is -3.60. The van der Waals surface area contributed by atoms with Gasteiger partial charge in [0.05, 0.1) is 17.6 Å². The Balaban J connectivity index is 1.30. The molecule has 0 saturated carbocycles. The zero-order chi connectivity index (χ0) is 23.5. The summed E-state index contributed by atoms with van der Waals surface area (Å²) in [5.74, 6) is 2.23. The number of nitrogens with zero attached hydrogens (tertiary/aromatic N) is 3. The van der Waals surface area contributed by atoms with Crippen LogP contribution in [0.3, 0.4) is 0 Å². The van der Waals surface area contributed by atoms with Gasteiger partial charge in [0, 0.05) is 31.1 Å². The first-order valence-electron chi connectivity index (χ1n) is 12.1. The number of carbonyl (C=O) groups is 1. The summed E-state index contributed by atoms with van der Waals surface area (Å²) in [4.78, 5) is 19.8. The van der Waals surface area contributed by atoms with Crippen LogP contribution in [-0.4, -0.2) is 28.6 Å². The molecule has 5 rings (SSSR count). The van der Waals surface area contributed by atoms with Crippen LogP contribution in [-0.2, 0) is 11.3 Å². The van der Waals surface area contributed by atoms with E-state index < -0.39 is 0 Å². The molecule has 1 aliphatic heterocycles. The number of unbranched alkanes of at least 4 members (excludes halogenated alkanes) is 1. The highest BCUT2D eigenvalue weighted by molar-refractivity contribution is 5.96. The average molecular weight is 454 g/mol. The molecule has 0 N–H and O–H groups in total. The molecule has 34 heavy (non-hydrogen) atoms. The summed E-state index contributed by atoms with van der Waals surface area (Å²) in [5.41, 5.74) is 5.46. The van der Waals surface area contributed by atoms with Crippen molar-refractivity contribution in [2.24, 2.45) is 0 Å². The number of amides is 1. The number of hydrogen-bond acceptors (Lipinski definition) is 3. The highest BCUT2D eigenvalue weighted by Gasteiger charge is 2.34. The van der Waals surface area contributed by atoms with Crippen molar-refractivity contribution < 1.29 is 9.53 Å². The van der Waals surface area contributed by atoms with E-state index in [4.69, 9.17) is 9.72 Å². The zero-order valence-corrected chi connectivity index (χ0v) is 19.9. The lowest BCUT2D eigenvalue weighted by molar-refractivity contribution is -0.117. The molecular formula is C29H31N3O2. The van der Waals surface area contributed by atoms with Gasteiger partial charge in [-0.15, -0.1) is 0 Å². The van der Waals surface area contributed by atoms with Crippen molar-refractivity contribution in [3.8, 4) is 5.75 Å². The molecule has 0 radical (unpaired) electrons. The van der Waals surface area contributed by atoms with Crippen LogP contribution in [0.25, 0.3) is 11.0 Å². The van der Waals surface area contributed by atoms with Gasteiger partial charge in [0.15, 0.2) is 0 Å². The highest BCUT2D eigenvalue weighted by Crippen LogP contribution is 2.33. The second kappa shape index (κ2) is 9.72. The quantitative estimate of drug-likeness (QED) is 0.306. The highest BCUT2D eigenvalue weighted by atomic mass is 16.5. The third kappa shape index (κ3) is 4.56. The lowest BCUT2D eigenvalue weighted by Crippen LogP contribution is -2.24. The van der Waals surface area contributed by atoms with E-state index >= 15 is 0 Å². The molecule has 1 saturated heterocycles. The van der Waals surface area contributed by atoms with Crippen LogP contribution in [0.15, 0.2) is 72.8 Å². The third-order valence-corrected chi connectivity index (χ3v) is 6.65. The maximum atomic E-state index is 12.9. The van der Waals surface area contributed by atoms with Crippen molar-refractivity contribution >= 4 is 22.6 Å². The molecular weight excluding hydrogens is 422 g/mol. The van der Waals surface area contributed by atoms with Crippen molar-refractivity contribution in [3.05, 3.63) is 89.7 Å². The fourth-order valence-corrected chi connectivity index (χ4v) is 4.77. The predicted octanol–water partition coefficient (Wildman–Crippen LogP) is 6.03. The molecule has 4 aromatic rings. The van der Waals surface area contributed by atoms with Crippen LogP contribution in [0.1, 0.15) is 42.1 Å². The van der Waals surface area contributed by atoms with Crippen molar-refractivity contribution in [3.63, 3.8) is 0 Å². The van der Waals surface area contributed by atoms with E-state index in [1.54, 1.807) is 0 Å². The standard InChI is InChI=1S/C29H31N3O2/c1-21-13-15-24(16-14-21)32-20-23(19-28(32)33)29-30-25-10-4-5-11-26(25)31(29)17-7-8-18-34-27-12-6-3-9-22(27)2/h3-6,9-16,23H,7-8,17-20H2,1-2H3. The van der Waals surface area contributed by atoms with Gasteiger partial charge in [0.1, 0.15) is 11.6 Å². The molecule has 1 aliphatic rings. The average Bonchev–Trinajstić information content (AvgIpc) is 3.41. The predicted molar refractivity (Wildman–Crippen MR) is 137 cm³/mol. The van der Waals surface area contributed by atoms with Gasteiger partial charge in [-0.1, -0.05) is 48.0 Å². The molecule has 2 heterocycles. The Morgan fingerprint density at radius 3 is 2.53 bits per heavy atom. The van der Waals surface area contributed by atoms with Gasteiger partial charge < -0.3 is 14.2 Å². The molecule has 0 bridgehead atoms. The van der Waals surface area contributed by atoms with Gasteiger partial charge in [-0.25, -0.2) is 4.98 Å². The lowest BCUT2D eigenvalue weighted by Gasteiger charge is -2.18. The molecule has 3 aromatic carbocycles. The number of ether oxygens (including phenoxy) is 1. The monoisotopic (exact) mass is 453 g/mol. The van der Waals surface area contributed by atoms with Gasteiger partial charge in [0.2, 0.25) is 5.91 Å². The van der Waals surface area contributed by atoms with Crippen LogP contribution in [0.4, 0.5) is 5.69 Å². The summed E-state index contributed by atoms with van der Waals surface area (Å²) in [5, 5.41) is 0. The SMILES string of the molecule is Cc1ccc(N2CC(c3nc4ccccc4n3CCCCOc3ccccc3C)CC2=O)cc1. The van der Waals surface area contributed by atoms with E-state index in [2.05, 4.69) is 54.8 Å². The number of benzene rings is 3. The number of para-hydroxylation sites is 3. The molecule has 174 valence electrons. The minimum absolute atomic E-state index is 0.0874. The number of anilines is 1. The number of rotatable bonds is 8. The van der Waals surface area contributed by atoms with Crippen LogP contribution in [0.2, 0.25) is 0 Å². The van der Waals surface area contributed by atoms with Gasteiger partial charge in [-0.2, -0.15) is 0 Å². The first-order valence-corrected chi connectivity index (χ1v) is 12.1. The molecule has 0 spiro atoms. The van der Waals surface area contributed by atoms with E-state index in [1.165, 1.54) is 5.56 Å². The second-order valence-corrected chi connectivity index (χ2v) is 9.17. The maximum absolute atomic E-state index is 12.9. The molecule has 1 aromatic heterocycles. The summed E-state index contributed by atoms with van der Waals surface area (Å²) in [6.07, 6.45) is 2.44. The molecule has 1 fully saturated rings. The van der Waals surface area contributed by atoms with E-state index in [1.807, 2.05) is 41.3 Å². The van der Waals surface area contributed by atoms with Gasteiger partial charge >= 0.3 is 0 Å². The number of hydrogen-bond donors (Lipinski definition) is 0. The van der Waals surface area contributed by atoms with Crippen LogP contribution in [0, 0.1) is 13.8 Å². The maximum Gasteiger partial charge on any atom is 0.227 e. The molecule has 5 nitrogen and oxygen atoms in total. The topological polar surface area (TPSA) is 47.4 Å². The first kappa shape index (κ1) is 22.2. The summed E-state index contributed by atoms with van der Waals surface area (Å²) >= 11 is 0. The smallest absolute Gasteiger partial charge is 0.227 e. The van der Waals surface area contributed by atoms with Gasteiger partial charge in [-0.3, -0.25) is 4.79 Å². The van der Waals surface area contributed by atoms with Gasteiger partial charge in [-0.05, 0) is 62.6 Å². The normalized spacial score (nSPS) is 15.9. The number of imidazole rings is 1. The fourth-order valence-electron chi connectivity index (χ4n) is 4.77.